The van der Waals surface area contributed by atoms with E-state index in [2.05, 4.69) is 20.9 Å². The summed E-state index contributed by atoms with van der Waals surface area (Å²) in [5, 5.41) is 0.796. The molecular formula is C22H14BrNO3. The van der Waals surface area contributed by atoms with Gasteiger partial charge in [-0.1, -0.05) is 46.3 Å². The maximum Gasteiger partial charge on any atom is 0.260 e. The van der Waals surface area contributed by atoms with Gasteiger partial charge in [0.25, 0.3) is 5.56 Å². The van der Waals surface area contributed by atoms with Crippen LogP contribution in [0, 0.1) is 0 Å². The molecule has 27 heavy (non-hydrogen) atoms. The molecule has 0 saturated heterocycles. The van der Waals surface area contributed by atoms with Gasteiger partial charge in [0.1, 0.15) is 5.76 Å². The van der Waals surface area contributed by atoms with Crippen molar-refractivity contribution in [1.82, 2.24) is 4.98 Å². The lowest BCUT2D eigenvalue weighted by Crippen LogP contribution is -2.18. The van der Waals surface area contributed by atoms with Gasteiger partial charge in [0.15, 0.2) is 5.78 Å². The molecule has 0 bridgehead atoms. The Balaban J connectivity index is 1.98. The highest BCUT2D eigenvalue weighted by Crippen LogP contribution is 2.31. The minimum atomic E-state index is -0.419. The summed E-state index contributed by atoms with van der Waals surface area (Å²) in [6.45, 7) is 0. The summed E-state index contributed by atoms with van der Waals surface area (Å²) < 4.78 is 6.08. The highest BCUT2D eigenvalue weighted by atomic mass is 79.9. The van der Waals surface area contributed by atoms with Gasteiger partial charge in [-0.2, -0.15) is 0 Å². The second-order valence-corrected chi connectivity index (χ2v) is 6.89. The standard InChI is InChI=1S/C22H14BrNO3/c23-15-8-10-18-17(13-15)20(14-5-2-1-3-6-14)21(22(26)24-18)19(25)11-9-16-7-4-12-27-16/h1-13H,(H,24,26). The monoisotopic (exact) mass is 419 g/mol. The van der Waals surface area contributed by atoms with Crippen LogP contribution in [0.2, 0.25) is 0 Å². The van der Waals surface area contributed by atoms with E-state index in [0.29, 0.717) is 16.8 Å². The fourth-order valence-corrected chi connectivity index (χ4v) is 3.39. The summed E-state index contributed by atoms with van der Waals surface area (Å²) in [6, 6.07) is 18.5. The van der Waals surface area contributed by atoms with Crippen LogP contribution in [0.15, 0.2) is 86.7 Å². The predicted molar refractivity (Wildman–Crippen MR) is 110 cm³/mol. The molecule has 1 N–H and O–H groups in total. The Kier molecular flexibility index (Phi) is 4.60. The van der Waals surface area contributed by atoms with Crippen LogP contribution in [0.1, 0.15) is 16.1 Å². The average Bonchev–Trinajstić information content (AvgIpc) is 3.20. The molecule has 0 aliphatic rings. The first-order chi connectivity index (χ1) is 13.1. The summed E-state index contributed by atoms with van der Waals surface area (Å²) in [6.07, 6.45) is 4.45. The molecule has 0 spiro atoms. The van der Waals surface area contributed by atoms with E-state index in [4.69, 9.17) is 4.42 Å². The van der Waals surface area contributed by atoms with E-state index < -0.39 is 5.56 Å². The van der Waals surface area contributed by atoms with Crippen LogP contribution in [-0.2, 0) is 0 Å². The molecule has 0 atom stereocenters. The number of fused-ring (bicyclic) bond motifs is 1. The molecule has 4 rings (SSSR count). The molecule has 2 aromatic carbocycles. The van der Waals surface area contributed by atoms with Crippen molar-refractivity contribution in [3.05, 3.63) is 99.2 Å². The molecule has 0 fully saturated rings. The molecule has 0 radical (unpaired) electrons. The third-order valence-electron chi connectivity index (χ3n) is 4.23. The van der Waals surface area contributed by atoms with Crippen LogP contribution in [0.4, 0.5) is 0 Å². The number of nitrogens with one attached hydrogen (secondary N) is 1. The number of ketones is 1. The Morgan fingerprint density at radius 3 is 2.59 bits per heavy atom. The number of allylic oxidation sites excluding steroid dienone is 1. The quantitative estimate of drug-likeness (QED) is 0.353. The number of benzene rings is 2. The Morgan fingerprint density at radius 2 is 1.85 bits per heavy atom. The molecule has 4 nitrogen and oxygen atoms in total. The number of pyridine rings is 1. The second-order valence-electron chi connectivity index (χ2n) is 5.97. The van der Waals surface area contributed by atoms with Crippen LogP contribution >= 0.6 is 15.9 Å². The van der Waals surface area contributed by atoms with E-state index in [1.54, 1.807) is 18.2 Å². The van der Waals surface area contributed by atoms with Gasteiger partial charge >= 0.3 is 0 Å². The highest BCUT2D eigenvalue weighted by molar-refractivity contribution is 9.10. The molecule has 2 aromatic heterocycles. The van der Waals surface area contributed by atoms with E-state index in [0.717, 1.165) is 15.4 Å². The molecule has 0 amide bonds. The minimum absolute atomic E-state index is 0.106. The lowest BCUT2D eigenvalue weighted by molar-refractivity contribution is 0.104. The van der Waals surface area contributed by atoms with E-state index in [-0.39, 0.29) is 11.3 Å². The van der Waals surface area contributed by atoms with Gasteiger partial charge < -0.3 is 9.40 Å². The van der Waals surface area contributed by atoms with Crippen molar-refractivity contribution >= 4 is 38.7 Å². The first kappa shape index (κ1) is 17.2. The Morgan fingerprint density at radius 1 is 1.04 bits per heavy atom. The van der Waals surface area contributed by atoms with E-state index >= 15 is 0 Å². The van der Waals surface area contributed by atoms with Crippen LogP contribution in [0.25, 0.3) is 28.1 Å². The molecule has 0 aliphatic heterocycles. The SMILES string of the molecule is O=C(C=Cc1ccco1)c1c(-c2ccccc2)c2cc(Br)ccc2[nH]c1=O. The van der Waals surface area contributed by atoms with Gasteiger partial charge in [0.05, 0.1) is 11.8 Å². The first-order valence-corrected chi connectivity index (χ1v) is 9.09. The van der Waals surface area contributed by atoms with Crippen molar-refractivity contribution < 1.29 is 9.21 Å². The second kappa shape index (κ2) is 7.21. The maximum atomic E-state index is 12.9. The molecule has 4 aromatic rings. The number of aromatic amines is 1. The number of hydrogen-bond donors (Lipinski definition) is 1. The van der Waals surface area contributed by atoms with Gasteiger partial charge in [-0.25, -0.2) is 0 Å². The number of hydrogen-bond acceptors (Lipinski definition) is 3. The lowest BCUT2D eigenvalue weighted by Gasteiger charge is -2.11. The Labute approximate surface area is 163 Å². The van der Waals surface area contributed by atoms with Crippen molar-refractivity contribution in [3.8, 4) is 11.1 Å². The summed E-state index contributed by atoms with van der Waals surface area (Å²) in [4.78, 5) is 28.5. The molecule has 5 heteroatoms. The molecule has 0 aliphatic carbocycles. The third kappa shape index (κ3) is 3.41. The van der Waals surface area contributed by atoms with Crippen LogP contribution < -0.4 is 5.56 Å². The number of carbonyl (C=O) groups excluding carboxylic acids is 1. The van der Waals surface area contributed by atoms with Crippen LogP contribution in [0.3, 0.4) is 0 Å². The highest BCUT2D eigenvalue weighted by Gasteiger charge is 2.19. The average molecular weight is 420 g/mol. The normalized spacial score (nSPS) is 11.3. The van der Waals surface area contributed by atoms with Crippen molar-refractivity contribution in [2.24, 2.45) is 0 Å². The van der Waals surface area contributed by atoms with Gasteiger partial charge in [-0.15, -0.1) is 0 Å². The molecule has 0 saturated carbocycles. The smallest absolute Gasteiger partial charge is 0.260 e. The van der Waals surface area contributed by atoms with Gasteiger partial charge in [0.2, 0.25) is 0 Å². The Bertz CT molecular complexity index is 1210. The van der Waals surface area contributed by atoms with Crippen molar-refractivity contribution in [2.45, 2.75) is 0 Å². The zero-order chi connectivity index (χ0) is 18.8. The fourth-order valence-electron chi connectivity index (χ4n) is 3.03. The van der Waals surface area contributed by atoms with Gasteiger partial charge in [0, 0.05) is 20.9 Å². The molecule has 2 heterocycles. The summed E-state index contributed by atoms with van der Waals surface area (Å²) in [5.74, 6) is 0.165. The van der Waals surface area contributed by atoms with Crippen LogP contribution in [0.5, 0.6) is 0 Å². The zero-order valence-corrected chi connectivity index (χ0v) is 15.7. The van der Waals surface area contributed by atoms with Crippen LogP contribution in [-0.4, -0.2) is 10.8 Å². The molecular weight excluding hydrogens is 406 g/mol. The zero-order valence-electron chi connectivity index (χ0n) is 14.1. The van der Waals surface area contributed by atoms with Crippen molar-refractivity contribution in [3.63, 3.8) is 0 Å². The molecule has 0 unspecified atom stereocenters. The predicted octanol–water partition coefficient (Wildman–Crippen LogP) is 5.45. The van der Waals surface area contributed by atoms with Gasteiger partial charge in [-0.05, 0) is 48.0 Å². The van der Waals surface area contributed by atoms with E-state index in [9.17, 15) is 9.59 Å². The van der Waals surface area contributed by atoms with Crippen molar-refractivity contribution in [2.75, 3.05) is 0 Å². The van der Waals surface area contributed by atoms with Crippen molar-refractivity contribution in [1.29, 1.82) is 0 Å². The lowest BCUT2D eigenvalue weighted by atomic mass is 9.94. The largest absolute Gasteiger partial charge is 0.465 e. The fraction of sp³-hybridized carbons (Fsp3) is 0. The Hall–Kier alpha value is -3.18. The molecule has 132 valence electrons. The summed E-state index contributed by atoms with van der Waals surface area (Å²) in [5.41, 5.74) is 1.78. The topological polar surface area (TPSA) is 63.1 Å². The number of carbonyl (C=O) groups is 1. The minimum Gasteiger partial charge on any atom is -0.465 e. The number of aromatic nitrogens is 1. The summed E-state index contributed by atoms with van der Waals surface area (Å²) >= 11 is 3.47. The third-order valence-corrected chi connectivity index (χ3v) is 4.72. The first-order valence-electron chi connectivity index (χ1n) is 8.30. The van der Waals surface area contributed by atoms with Gasteiger partial charge in [-0.3, -0.25) is 9.59 Å². The summed E-state index contributed by atoms with van der Waals surface area (Å²) in [7, 11) is 0. The number of halogens is 1. The number of rotatable bonds is 4. The number of H-pyrrole nitrogens is 1. The van der Waals surface area contributed by atoms with E-state index in [1.807, 2.05) is 48.5 Å². The number of furan rings is 1. The maximum absolute atomic E-state index is 12.9. The van der Waals surface area contributed by atoms with E-state index in [1.165, 1.54) is 12.3 Å².